The van der Waals surface area contributed by atoms with Crippen LogP contribution in [0.4, 0.5) is 0 Å². The number of phosphoric acid groups is 1. The van der Waals surface area contributed by atoms with Crippen molar-refractivity contribution < 1.29 is 23.3 Å². The third-order valence-corrected chi connectivity index (χ3v) is 4.35. The summed E-state index contributed by atoms with van der Waals surface area (Å²) in [4.78, 5) is 23.3. The van der Waals surface area contributed by atoms with Crippen molar-refractivity contribution in [3.63, 3.8) is 0 Å². The Morgan fingerprint density at radius 3 is 2.50 bits per heavy atom. The van der Waals surface area contributed by atoms with Gasteiger partial charge in [-0.15, -0.1) is 0 Å². The smallest absolute Gasteiger partial charge is 0.319 e. The van der Waals surface area contributed by atoms with Crippen molar-refractivity contribution >= 4 is 13.7 Å². The highest BCUT2D eigenvalue weighted by Gasteiger charge is 2.11. The average molecular weight is 356 g/mol. The molecule has 0 saturated heterocycles. The molecule has 7 heteroatoms. The SMILES string of the molecule is CCCCCCCC(=O)NCCOP(=O)([O-])Oc1ccc(C)cc1. The van der Waals surface area contributed by atoms with Crippen LogP contribution in [0.1, 0.15) is 51.0 Å². The van der Waals surface area contributed by atoms with Gasteiger partial charge in [-0.25, -0.2) is 0 Å². The third kappa shape index (κ3) is 9.71. The Hall–Kier alpha value is -1.36. The fourth-order valence-electron chi connectivity index (χ4n) is 2.08. The number of amides is 1. The van der Waals surface area contributed by atoms with Crippen LogP contribution in [0.3, 0.4) is 0 Å². The van der Waals surface area contributed by atoms with Crippen LogP contribution >= 0.6 is 7.82 Å². The van der Waals surface area contributed by atoms with Crippen LogP contribution in [0.2, 0.25) is 0 Å². The largest absolute Gasteiger partial charge is 0.746 e. The first-order valence-electron chi connectivity index (χ1n) is 8.41. The Bertz CT molecular complexity index is 532. The molecule has 0 aliphatic heterocycles. The van der Waals surface area contributed by atoms with Gasteiger partial charge in [-0.1, -0.05) is 50.3 Å². The van der Waals surface area contributed by atoms with Gasteiger partial charge in [-0.3, -0.25) is 9.36 Å². The van der Waals surface area contributed by atoms with E-state index in [9.17, 15) is 14.3 Å². The van der Waals surface area contributed by atoms with Crippen LogP contribution in [0.25, 0.3) is 0 Å². The molecule has 1 aromatic rings. The summed E-state index contributed by atoms with van der Waals surface area (Å²) >= 11 is 0. The van der Waals surface area contributed by atoms with Crippen LogP contribution in [-0.4, -0.2) is 19.1 Å². The number of phosphoric ester groups is 1. The summed E-state index contributed by atoms with van der Waals surface area (Å²) in [7, 11) is -4.42. The lowest BCUT2D eigenvalue weighted by Gasteiger charge is -2.23. The van der Waals surface area contributed by atoms with Crippen LogP contribution in [0.15, 0.2) is 24.3 Å². The predicted octanol–water partition coefficient (Wildman–Crippen LogP) is 3.34. The Morgan fingerprint density at radius 1 is 1.17 bits per heavy atom. The van der Waals surface area contributed by atoms with Gasteiger partial charge in [0.2, 0.25) is 5.91 Å². The molecule has 1 aromatic carbocycles. The molecule has 0 fully saturated rings. The molecule has 1 rings (SSSR count). The molecule has 6 nitrogen and oxygen atoms in total. The highest BCUT2D eigenvalue weighted by atomic mass is 31.2. The van der Waals surface area contributed by atoms with E-state index >= 15 is 0 Å². The third-order valence-electron chi connectivity index (χ3n) is 3.42. The van der Waals surface area contributed by atoms with E-state index in [1.165, 1.54) is 12.8 Å². The second-order valence-electron chi connectivity index (χ2n) is 5.70. The van der Waals surface area contributed by atoms with E-state index < -0.39 is 7.82 Å². The Balaban J connectivity index is 2.15. The van der Waals surface area contributed by atoms with E-state index in [0.717, 1.165) is 24.8 Å². The number of hydrogen-bond acceptors (Lipinski definition) is 5. The van der Waals surface area contributed by atoms with Crippen molar-refractivity contribution in [1.29, 1.82) is 0 Å². The second kappa shape index (κ2) is 11.2. The number of carbonyl (C=O) groups excluding carboxylic acids is 1. The lowest BCUT2D eigenvalue weighted by molar-refractivity contribution is -0.216. The molecule has 1 amide bonds. The molecule has 1 atom stereocenters. The van der Waals surface area contributed by atoms with Crippen LogP contribution in [0, 0.1) is 6.92 Å². The Morgan fingerprint density at radius 2 is 1.83 bits per heavy atom. The van der Waals surface area contributed by atoms with Crippen molar-refractivity contribution in [3.05, 3.63) is 29.8 Å². The quantitative estimate of drug-likeness (QED) is 0.458. The first kappa shape index (κ1) is 20.7. The van der Waals surface area contributed by atoms with E-state index in [4.69, 9.17) is 9.05 Å². The van der Waals surface area contributed by atoms with E-state index in [1.807, 2.05) is 6.92 Å². The molecule has 1 unspecified atom stereocenters. The molecule has 0 aliphatic rings. The van der Waals surface area contributed by atoms with Gasteiger partial charge in [0.25, 0.3) is 0 Å². The normalized spacial score (nSPS) is 13.3. The summed E-state index contributed by atoms with van der Waals surface area (Å²) in [6, 6.07) is 6.61. The van der Waals surface area contributed by atoms with Gasteiger partial charge >= 0.3 is 7.82 Å². The second-order valence-corrected chi connectivity index (χ2v) is 7.03. The topological polar surface area (TPSA) is 87.7 Å². The predicted molar refractivity (Wildman–Crippen MR) is 91.8 cm³/mol. The minimum Gasteiger partial charge on any atom is -0.746 e. The van der Waals surface area contributed by atoms with E-state index in [2.05, 4.69) is 12.2 Å². The van der Waals surface area contributed by atoms with Gasteiger partial charge in [0, 0.05) is 13.0 Å². The molecule has 1 N–H and O–H groups in total. The van der Waals surface area contributed by atoms with Crippen molar-refractivity contribution in [2.45, 2.75) is 52.4 Å². The van der Waals surface area contributed by atoms with Gasteiger partial charge < -0.3 is 19.3 Å². The molecule has 0 saturated carbocycles. The fraction of sp³-hybridized carbons (Fsp3) is 0.588. The number of hydrogen-bond donors (Lipinski definition) is 1. The molecule has 0 bridgehead atoms. The maximum atomic E-state index is 11.7. The first-order chi connectivity index (χ1) is 11.4. The van der Waals surface area contributed by atoms with Crippen molar-refractivity contribution in [3.8, 4) is 5.75 Å². The molecule has 24 heavy (non-hydrogen) atoms. The molecule has 0 aliphatic carbocycles. The van der Waals surface area contributed by atoms with Crippen LogP contribution in [-0.2, 0) is 13.9 Å². The number of rotatable bonds is 12. The maximum Gasteiger partial charge on any atom is 0.319 e. The minimum absolute atomic E-state index is 0.0877. The molecular weight excluding hydrogens is 329 g/mol. The number of aryl methyl sites for hydroxylation is 1. The Labute approximate surface area is 144 Å². The number of unbranched alkanes of at least 4 members (excludes halogenated alkanes) is 4. The monoisotopic (exact) mass is 356 g/mol. The minimum atomic E-state index is -4.42. The molecular formula is C17H27NO5P-. The summed E-state index contributed by atoms with van der Waals surface area (Å²) in [6.45, 7) is 4.03. The Kier molecular flexibility index (Phi) is 9.69. The van der Waals surface area contributed by atoms with Crippen molar-refractivity contribution in [1.82, 2.24) is 5.32 Å². The average Bonchev–Trinajstić information content (AvgIpc) is 2.53. The van der Waals surface area contributed by atoms with Crippen molar-refractivity contribution in [2.75, 3.05) is 13.2 Å². The molecule has 0 radical (unpaired) electrons. The molecule has 136 valence electrons. The molecule has 0 spiro atoms. The van der Waals surface area contributed by atoms with Gasteiger partial charge in [-0.05, 0) is 25.5 Å². The summed E-state index contributed by atoms with van der Waals surface area (Å²) < 4.78 is 21.2. The van der Waals surface area contributed by atoms with Gasteiger partial charge in [0.15, 0.2) is 0 Å². The van der Waals surface area contributed by atoms with Gasteiger partial charge in [-0.2, -0.15) is 0 Å². The van der Waals surface area contributed by atoms with E-state index in [1.54, 1.807) is 24.3 Å². The molecule has 0 heterocycles. The summed E-state index contributed by atoms with van der Waals surface area (Å²) in [6.07, 6.45) is 5.85. The summed E-state index contributed by atoms with van der Waals surface area (Å²) in [5.41, 5.74) is 1.00. The summed E-state index contributed by atoms with van der Waals surface area (Å²) in [5, 5.41) is 2.64. The summed E-state index contributed by atoms with van der Waals surface area (Å²) in [5.74, 6) is 0.116. The first-order valence-corrected chi connectivity index (χ1v) is 9.87. The zero-order chi connectivity index (χ0) is 17.8. The zero-order valence-corrected chi connectivity index (χ0v) is 15.3. The zero-order valence-electron chi connectivity index (χ0n) is 14.5. The fourth-order valence-corrected chi connectivity index (χ4v) is 2.83. The molecule has 0 aromatic heterocycles. The standard InChI is InChI=1S/C17H28NO5P/c1-3-4-5-6-7-8-17(19)18-13-14-22-24(20,21)23-16-11-9-15(2)10-12-16/h9-12H,3-8,13-14H2,1-2H3,(H,18,19)(H,20,21)/p-1. The van der Waals surface area contributed by atoms with Gasteiger partial charge in [0.05, 0.1) is 6.61 Å². The number of nitrogens with one attached hydrogen (secondary N) is 1. The van der Waals surface area contributed by atoms with Crippen LogP contribution in [0.5, 0.6) is 5.75 Å². The highest BCUT2D eigenvalue weighted by molar-refractivity contribution is 7.46. The van der Waals surface area contributed by atoms with Crippen LogP contribution < -0.4 is 14.7 Å². The number of carbonyl (C=O) groups is 1. The number of benzene rings is 1. The lowest BCUT2D eigenvalue weighted by atomic mass is 10.1. The van der Waals surface area contributed by atoms with E-state index in [0.29, 0.717) is 6.42 Å². The highest BCUT2D eigenvalue weighted by Crippen LogP contribution is 2.39. The van der Waals surface area contributed by atoms with E-state index in [-0.39, 0.29) is 24.8 Å². The van der Waals surface area contributed by atoms with Crippen molar-refractivity contribution in [2.24, 2.45) is 0 Å². The lowest BCUT2D eigenvalue weighted by Crippen LogP contribution is -2.27. The maximum absolute atomic E-state index is 11.7. The van der Waals surface area contributed by atoms with Gasteiger partial charge in [0.1, 0.15) is 5.75 Å².